The fraction of sp³-hybridized carbons (Fsp3) is 0.143. The van der Waals surface area contributed by atoms with E-state index >= 15 is 0 Å². The van der Waals surface area contributed by atoms with E-state index in [2.05, 4.69) is 0 Å². The summed E-state index contributed by atoms with van der Waals surface area (Å²) in [7, 11) is 0. The van der Waals surface area contributed by atoms with Crippen LogP contribution >= 0.6 is 11.3 Å². The van der Waals surface area contributed by atoms with Gasteiger partial charge in [-0.1, -0.05) is 36.4 Å². The van der Waals surface area contributed by atoms with E-state index in [4.69, 9.17) is 0 Å². The average molecular weight is 266 g/mol. The average Bonchev–Trinajstić information content (AvgIpc) is 2.90. The van der Waals surface area contributed by atoms with E-state index in [9.17, 15) is 13.2 Å². The third kappa shape index (κ3) is 1.52. The van der Waals surface area contributed by atoms with Crippen LogP contribution in [0.4, 0.5) is 13.2 Å². The van der Waals surface area contributed by atoms with Crippen molar-refractivity contribution in [2.45, 2.75) is 11.6 Å². The molecule has 0 nitrogen and oxygen atoms in total. The molecule has 0 spiro atoms. The van der Waals surface area contributed by atoms with E-state index < -0.39 is 11.6 Å². The molecule has 0 bridgehead atoms. The fourth-order valence-electron chi connectivity index (χ4n) is 2.25. The molecule has 0 aliphatic heterocycles. The summed E-state index contributed by atoms with van der Waals surface area (Å²) in [4.78, 5) is 0. The number of hydrogen-bond acceptors (Lipinski definition) is 1. The minimum absolute atomic E-state index is 0.290. The zero-order valence-corrected chi connectivity index (χ0v) is 10.1. The molecule has 1 aromatic carbocycles. The molecule has 0 saturated heterocycles. The third-order valence-electron chi connectivity index (χ3n) is 3.21. The lowest BCUT2D eigenvalue weighted by Crippen LogP contribution is -2.31. The molecule has 0 fully saturated rings. The highest BCUT2D eigenvalue weighted by Gasteiger charge is 2.65. The first-order chi connectivity index (χ1) is 8.56. The molecular formula is C14H9F3S. The van der Waals surface area contributed by atoms with Crippen LogP contribution in [-0.2, 0) is 5.41 Å². The number of rotatable bonds is 2. The SMILES string of the molecule is FC(F)(F)[C@@]1(c2ccccc2)C=C1c1ccsc1. The summed E-state index contributed by atoms with van der Waals surface area (Å²) < 4.78 is 40.1. The molecule has 0 unspecified atom stereocenters. The molecule has 0 amide bonds. The van der Waals surface area contributed by atoms with Crippen molar-refractivity contribution >= 4 is 16.9 Å². The van der Waals surface area contributed by atoms with Crippen molar-refractivity contribution in [3.63, 3.8) is 0 Å². The largest absolute Gasteiger partial charge is 0.405 e. The fourth-order valence-corrected chi connectivity index (χ4v) is 2.90. The van der Waals surface area contributed by atoms with Gasteiger partial charge in [0.1, 0.15) is 5.41 Å². The first-order valence-electron chi connectivity index (χ1n) is 5.44. The molecule has 3 rings (SSSR count). The quantitative estimate of drug-likeness (QED) is 0.742. The lowest BCUT2D eigenvalue weighted by Gasteiger charge is -2.22. The molecule has 0 saturated carbocycles. The van der Waals surface area contributed by atoms with Gasteiger partial charge in [-0.05, 0) is 33.5 Å². The van der Waals surface area contributed by atoms with Gasteiger partial charge in [-0.3, -0.25) is 0 Å². The van der Waals surface area contributed by atoms with Crippen LogP contribution in [0, 0.1) is 0 Å². The second-order valence-electron chi connectivity index (χ2n) is 4.24. The standard InChI is InChI=1S/C14H9F3S/c15-14(16,17)13(11-4-2-1-3-5-11)8-12(13)10-6-7-18-9-10/h1-9H/t13-/m1/s1. The Balaban J connectivity index is 2.06. The van der Waals surface area contributed by atoms with Crippen LogP contribution in [-0.4, -0.2) is 6.18 Å². The van der Waals surface area contributed by atoms with Gasteiger partial charge in [0.25, 0.3) is 0 Å². The van der Waals surface area contributed by atoms with Crippen LogP contribution in [0.5, 0.6) is 0 Å². The number of hydrogen-bond donors (Lipinski definition) is 0. The Hall–Kier alpha value is -1.55. The molecule has 1 heterocycles. The highest BCUT2D eigenvalue weighted by atomic mass is 32.1. The van der Waals surface area contributed by atoms with Gasteiger partial charge in [0.15, 0.2) is 0 Å². The monoisotopic (exact) mass is 266 g/mol. The predicted octanol–water partition coefficient (Wildman–Crippen LogP) is 4.65. The molecule has 92 valence electrons. The van der Waals surface area contributed by atoms with Gasteiger partial charge in [0.2, 0.25) is 0 Å². The maximum absolute atomic E-state index is 13.4. The predicted molar refractivity (Wildman–Crippen MR) is 66.5 cm³/mol. The van der Waals surface area contributed by atoms with Crippen LogP contribution in [0.1, 0.15) is 11.1 Å². The zero-order chi connectivity index (χ0) is 12.8. The number of benzene rings is 1. The summed E-state index contributed by atoms with van der Waals surface area (Å²) >= 11 is 1.41. The molecule has 1 aliphatic carbocycles. The smallest absolute Gasteiger partial charge is 0.169 e. The van der Waals surface area contributed by atoms with Crippen LogP contribution in [0.25, 0.3) is 5.57 Å². The van der Waals surface area contributed by atoms with Crippen molar-refractivity contribution in [2.75, 3.05) is 0 Å². The van der Waals surface area contributed by atoms with Gasteiger partial charge in [0, 0.05) is 0 Å². The minimum Gasteiger partial charge on any atom is -0.169 e. The van der Waals surface area contributed by atoms with Crippen LogP contribution in [0.3, 0.4) is 0 Å². The van der Waals surface area contributed by atoms with Crippen molar-refractivity contribution in [1.29, 1.82) is 0 Å². The molecule has 0 radical (unpaired) electrons. The normalized spacial score (nSPS) is 22.7. The van der Waals surface area contributed by atoms with Gasteiger partial charge in [-0.25, -0.2) is 0 Å². The lowest BCUT2D eigenvalue weighted by molar-refractivity contribution is -0.151. The number of alkyl halides is 3. The van der Waals surface area contributed by atoms with Crippen molar-refractivity contribution in [1.82, 2.24) is 0 Å². The van der Waals surface area contributed by atoms with E-state index in [-0.39, 0.29) is 0 Å². The van der Waals surface area contributed by atoms with E-state index in [0.29, 0.717) is 16.7 Å². The van der Waals surface area contributed by atoms with Crippen LogP contribution < -0.4 is 0 Å². The summed E-state index contributed by atoms with van der Waals surface area (Å²) in [5.74, 6) is 0. The van der Waals surface area contributed by atoms with E-state index in [1.165, 1.54) is 29.5 Å². The van der Waals surface area contributed by atoms with Crippen molar-refractivity contribution < 1.29 is 13.2 Å². The third-order valence-corrected chi connectivity index (χ3v) is 3.89. The van der Waals surface area contributed by atoms with Gasteiger partial charge in [-0.15, -0.1) is 0 Å². The maximum atomic E-state index is 13.4. The van der Waals surface area contributed by atoms with Crippen LogP contribution in [0.15, 0.2) is 53.2 Å². The molecule has 1 atom stereocenters. The molecule has 4 heteroatoms. The van der Waals surface area contributed by atoms with Gasteiger partial charge >= 0.3 is 6.18 Å². The van der Waals surface area contributed by atoms with E-state index in [0.717, 1.165) is 0 Å². The highest BCUT2D eigenvalue weighted by molar-refractivity contribution is 7.08. The molecule has 1 aromatic heterocycles. The topological polar surface area (TPSA) is 0 Å². The summed E-state index contributed by atoms with van der Waals surface area (Å²) in [6, 6.07) is 9.79. The second-order valence-corrected chi connectivity index (χ2v) is 5.02. The summed E-state index contributed by atoms with van der Waals surface area (Å²) in [5.41, 5.74) is -0.558. The van der Waals surface area contributed by atoms with Crippen LogP contribution in [0.2, 0.25) is 0 Å². The first kappa shape index (κ1) is 11.5. The molecule has 0 N–H and O–H groups in total. The van der Waals surface area contributed by atoms with Crippen molar-refractivity contribution in [3.8, 4) is 0 Å². The Morgan fingerprint density at radius 3 is 2.28 bits per heavy atom. The Bertz CT molecular complexity index is 581. The zero-order valence-electron chi connectivity index (χ0n) is 9.24. The first-order valence-corrected chi connectivity index (χ1v) is 6.38. The minimum atomic E-state index is -4.29. The van der Waals surface area contributed by atoms with Gasteiger partial charge in [0.05, 0.1) is 0 Å². The van der Waals surface area contributed by atoms with E-state index in [1.54, 1.807) is 35.0 Å². The molecule has 18 heavy (non-hydrogen) atoms. The number of allylic oxidation sites excluding steroid dienone is 2. The van der Waals surface area contributed by atoms with Gasteiger partial charge < -0.3 is 0 Å². The van der Waals surface area contributed by atoms with Crippen molar-refractivity contribution in [2.24, 2.45) is 0 Å². The Labute approximate surface area is 106 Å². The Morgan fingerprint density at radius 2 is 1.72 bits per heavy atom. The molecule has 2 aromatic rings. The van der Waals surface area contributed by atoms with Crippen molar-refractivity contribution in [3.05, 3.63) is 64.4 Å². The number of thiophene rings is 1. The Kier molecular flexibility index (Phi) is 2.38. The number of halogens is 3. The highest BCUT2D eigenvalue weighted by Crippen LogP contribution is 2.61. The molecular weight excluding hydrogens is 257 g/mol. The van der Waals surface area contributed by atoms with E-state index in [1.807, 2.05) is 0 Å². The summed E-state index contributed by atoms with van der Waals surface area (Å²) in [6.45, 7) is 0. The second kappa shape index (κ2) is 3.72. The maximum Gasteiger partial charge on any atom is 0.405 e. The molecule has 1 aliphatic rings. The Morgan fingerprint density at radius 1 is 1.00 bits per heavy atom. The summed E-state index contributed by atoms with van der Waals surface area (Å²) in [5, 5.41) is 3.54. The van der Waals surface area contributed by atoms with Gasteiger partial charge in [-0.2, -0.15) is 24.5 Å². The lowest BCUT2D eigenvalue weighted by atomic mass is 9.88. The summed E-state index contributed by atoms with van der Waals surface area (Å²) in [6.07, 6.45) is -2.98.